The number of halogens is 3. The molecule has 1 atom stereocenters. The van der Waals surface area contributed by atoms with Gasteiger partial charge in [-0.15, -0.1) is 0 Å². The highest BCUT2D eigenvalue weighted by molar-refractivity contribution is 5.92. The number of aromatic nitrogens is 1. The Morgan fingerprint density at radius 3 is 2.38 bits per heavy atom. The van der Waals surface area contributed by atoms with Crippen LogP contribution < -0.4 is 15.8 Å². The van der Waals surface area contributed by atoms with Crippen LogP contribution in [0.15, 0.2) is 54.7 Å². The number of aromatic amines is 1. The number of fused-ring (bicyclic) bond motifs is 1. The van der Waals surface area contributed by atoms with Gasteiger partial charge in [0.25, 0.3) is 0 Å². The average Bonchev–Trinajstić information content (AvgIpc) is 3.01. The predicted molar refractivity (Wildman–Crippen MR) is 112 cm³/mol. The minimum Gasteiger partial charge on any atom is -0.484 e. The molecule has 2 aromatic carbocycles. The van der Waals surface area contributed by atoms with Gasteiger partial charge < -0.3 is 20.8 Å². The Labute approximate surface area is 169 Å². The van der Waals surface area contributed by atoms with E-state index in [9.17, 15) is 13.2 Å². The molecule has 29 heavy (non-hydrogen) atoms. The predicted octanol–water partition coefficient (Wildman–Crippen LogP) is 6.03. The highest BCUT2D eigenvalue weighted by Gasteiger charge is 2.28. The lowest BCUT2D eigenvalue weighted by atomic mass is 10.1. The van der Waals surface area contributed by atoms with Gasteiger partial charge >= 0.3 is 6.18 Å². The second-order valence-electron chi connectivity index (χ2n) is 7.96. The molecule has 3 aromatic rings. The molecule has 0 aliphatic carbocycles. The topological polar surface area (TPSA) is 63.1 Å². The number of rotatable bonds is 5. The number of H-pyrrole nitrogens is 1. The van der Waals surface area contributed by atoms with E-state index in [0.717, 1.165) is 22.2 Å². The van der Waals surface area contributed by atoms with Gasteiger partial charge in [0.1, 0.15) is 11.6 Å². The van der Waals surface area contributed by atoms with E-state index in [-0.39, 0.29) is 17.3 Å². The SMILES string of the molecule is CC(C)(C)N.CC(Nc1[nH]cc2ccccc12)c1cccc(OCC(F)(F)F)c1. The Bertz CT molecular complexity index is 907. The van der Waals surface area contributed by atoms with Crippen molar-refractivity contribution in [1.82, 2.24) is 4.98 Å². The molecule has 1 unspecified atom stereocenters. The molecule has 4 N–H and O–H groups in total. The van der Waals surface area contributed by atoms with E-state index in [2.05, 4.69) is 10.3 Å². The van der Waals surface area contributed by atoms with E-state index in [0.29, 0.717) is 0 Å². The van der Waals surface area contributed by atoms with Crippen molar-refractivity contribution in [2.24, 2.45) is 5.73 Å². The van der Waals surface area contributed by atoms with Crippen molar-refractivity contribution < 1.29 is 17.9 Å². The molecular weight excluding hydrogens is 379 g/mol. The fraction of sp³-hybridized carbons (Fsp3) is 0.364. The van der Waals surface area contributed by atoms with Gasteiger partial charge in [-0.2, -0.15) is 13.2 Å². The van der Waals surface area contributed by atoms with Crippen LogP contribution in [0.5, 0.6) is 5.75 Å². The lowest BCUT2D eigenvalue weighted by Crippen LogP contribution is -2.26. The normalized spacial score (nSPS) is 12.8. The minimum atomic E-state index is -4.34. The molecule has 0 aliphatic rings. The summed E-state index contributed by atoms with van der Waals surface area (Å²) in [5.74, 6) is 1.08. The van der Waals surface area contributed by atoms with Crippen LogP contribution in [0, 0.1) is 0 Å². The first-order valence-electron chi connectivity index (χ1n) is 9.33. The summed E-state index contributed by atoms with van der Waals surface area (Å²) >= 11 is 0. The van der Waals surface area contributed by atoms with Crippen molar-refractivity contribution in [3.63, 3.8) is 0 Å². The number of nitrogens with one attached hydrogen (secondary N) is 2. The van der Waals surface area contributed by atoms with Crippen LogP contribution in [0.3, 0.4) is 0 Å². The molecular formula is C22H28F3N3O. The van der Waals surface area contributed by atoms with Crippen LogP contribution in [0.4, 0.5) is 19.0 Å². The second-order valence-corrected chi connectivity index (χ2v) is 7.96. The van der Waals surface area contributed by atoms with E-state index in [4.69, 9.17) is 10.5 Å². The van der Waals surface area contributed by atoms with Gasteiger partial charge in [-0.1, -0.05) is 36.4 Å². The number of hydrogen-bond donors (Lipinski definition) is 3. The maximum absolute atomic E-state index is 12.3. The smallest absolute Gasteiger partial charge is 0.422 e. The monoisotopic (exact) mass is 407 g/mol. The first-order valence-corrected chi connectivity index (χ1v) is 9.33. The van der Waals surface area contributed by atoms with Crippen molar-refractivity contribution >= 4 is 16.6 Å². The van der Waals surface area contributed by atoms with Crippen LogP contribution >= 0.6 is 0 Å². The molecule has 7 heteroatoms. The fourth-order valence-corrected chi connectivity index (χ4v) is 2.54. The highest BCUT2D eigenvalue weighted by atomic mass is 19.4. The van der Waals surface area contributed by atoms with Crippen LogP contribution in [0.1, 0.15) is 39.3 Å². The first kappa shape index (κ1) is 22.6. The number of alkyl halides is 3. The third kappa shape index (κ3) is 8.07. The molecule has 4 nitrogen and oxygen atoms in total. The maximum Gasteiger partial charge on any atom is 0.422 e. The molecule has 0 amide bonds. The molecule has 0 fully saturated rings. The molecule has 0 spiro atoms. The summed E-state index contributed by atoms with van der Waals surface area (Å²) in [4.78, 5) is 3.18. The number of benzene rings is 2. The molecule has 1 heterocycles. The summed E-state index contributed by atoms with van der Waals surface area (Å²) in [6.45, 7) is 6.55. The van der Waals surface area contributed by atoms with Crippen LogP contribution in [0.2, 0.25) is 0 Å². The Morgan fingerprint density at radius 2 is 1.72 bits per heavy atom. The Hall–Kier alpha value is -2.67. The summed E-state index contributed by atoms with van der Waals surface area (Å²) in [5.41, 5.74) is 6.20. The number of anilines is 1. The zero-order chi connectivity index (χ0) is 21.7. The van der Waals surface area contributed by atoms with Gasteiger partial charge in [-0.3, -0.25) is 0 Å². The van der Waals surface area contributed by atoms with Gasteiger partial charge in [-0.05, 0) is 45.4 Å². The molecule has 1 aromatic heterocycles. The van der Waals surface area contributed by atoms with E-state index >= 15 is 0 Å². The zero-order valence-corrected chi connectivity index (χ0v) is 17.1. The van der Waals surface area contributed by atoms with Crippen LogP contribution in [-0.2, 0) is 0 Å². The molecule has 0 bridgehead atoms. The number of ether oxygens (including phenoxy) is 1. The summed E-state index contributed by atoms with van der Waals surface area (Å²) < 4.78 is 41.6. The third-order valence-electron chi connectivity index (χ3n) is 3.72. The molecule has 3 rings (SSSR count). The van der Waals surface area contributed by atoms with Crippen molar-refractivity contribution in [2.45, 2.75) is 45.5 Å². The van der Waals surface area contributed by atoms with Crippen molar-refractivity contribution in [3.8, 4) is 5.75 Å². The van der Waals surface area contributed by atoms with Gasteiger partial charge in [0.15, 0.2) is 6.61 Å². The van der Waals surface area contributed by atoms with E-state index < -0.39 is 12.8 Å². The molecule has 158 valence electrons. The van der Waals surface area contributed by atoms with E-state index in [1.165, 1.54) is 6.07 Å². The van der Waals surface area contributed by atoms with E-state index in [1.807, 2.05) is 64.2 Å². The number of hydrogen-bond acceptors (Lipinski definition) is 3. The van der Waals surface area contributed by atoms with Gasteiger partial charge in [0, 0.05) is 22.5 Å². The Morgan fingerprint density at radius 1 is 1.07 bits per heavy atom. The molecule has 0 saturated carbocycles. The summed E-state index contributed by atoms with van der Waals surface area (Å²) in [5, 5.41) is 5.50. The lowest BCUT2D eigenvalue weighted by Gasteiger charge is -2.16. The summed E-state index contributed by atoms with van der Waals surface area (Å²) in [7, 11) is 0. The van der Waals surface area contributed by atoms with Crippen LogP contribution in [-0.4, -0.2) is 23.3 Å². The van der Waals surface area contributed by atoms with Gasteiger partial charge in [0.2, 0.25) is 0 Å². The second kappa shape index (κ2) is 9.22. The standard InChI is InChI=1S/C18H17F3N2O.C4H11N/c1-12(23-17-16-8-3-2-5-14(16)10-22-17)13-6-4-7-15(9-13)24-11-18(19,20)21;1-4(2,3)5/h2-10,12,22-23H,11H2,1H3;5H2,1-3H3. The Kier molecular flexibility index (Phi) is 7.19. The lowest BCUT2D eigenvalue weighted by molar-refractivity contribution is -0.153. The maximum atomic E-state index is 12.3. The van der Waals surface area contributed by atoms with Crippen molar-refractivity contribution in [1.29, 1.82) is 0 Å². The average molecular weight is 407 g/mol. The van der Waals surface area contributed by atoms with Gasteiger partial charge in [-0.25, -0.2) is 0 Å². The summed E-state index contributed by atoms with van der Waals surface area (Å²) in [6.07, 6.45) is -2.43. The third-order valence-corrected chi connectivity index (χ3v) is 3.72. The van der Waals surface area contributed by atoms with Gasteiger partial charge in [0.05, 0.1) is 6.04 Å². The molecule has 0 aliphatic heterocycles. The summed E-state index contributed by atoms with van der Waals surface area (Å²) in [6, 6.07) is 14.5. The molecule has 0 saturated heterocycles. The van der Waals surface area contributed by atoms with Crippen LogP contribution in [0.25, 0.3) is 10.8 Å². The minimum absolute atomic E-state index is 0. The zero-order valence-electron chi connectivity index (χ0n) is 17.1. The first-order chi connectivity index (χ1) is 13.4. The molecule has 0 radical (unpaired) electrons. The highest BCUT2D eigenvalue weighted by Crippen LogP contribution is 2.28. The van der Waals surface area contributed by atoms with E-state index in [1.54, 1.807) is 12.1 Å². The number of nitrogens with two attached hydrogens (primary N) is 1. The van der Waals surface area contributed by atoms with Crippen molar-refractivity contribution in [2.75, 3.05) is 11.9 Å². The fourth-order valence-electron chi connectivity index (χ4n) is 2.54. The van der Waals surface area contributed by atoms with Crippen molar-refractivity contribution in [3.05, 3.63) is 60.3 Å². The quantitative estimate of drug-likeness (QED) is 0.484. The largest absolute Gasteiger partial charge is 0.484 e. The Balaban J connectivity index is 0.000000537.